The van der Waals surface area contributed by atoms with Gasteiger partial charge in [0.25, 0.3) is 0 Å². The molecule has 3 nitrogen and oxygen atoms in total. The summed E-state index contributed by atoms with van der Waals surface area (Å²) >= 11 is 0. The summed E-state index contributed by atoms with van der Waals surface area (Å²) in [5, 5.41) is 3.41. The van der Waals surface area contributed by atoms with Crippen molar-refractivity contribution in [3.05, 3.63) is 60.2 Å². The van der Waals surface area contributed by atoms with Crippen LogP contribution in [-0.2, 0) is 0 Å². The number of nitrogens with two attached hydrogens (primary N) is 1. The van der Waals surface area contributed by atoms with Crippen LogP contribution in [0.5, 0.6) is 5.75 Å². The Morgan fingerprint density at radius 1 is 1.11 bits per heavy atom. The second-order valence-corrected chi connectivity index (χ2v) is 4.08. The summed E-state index contributed by atoms with van der Waals surface area (Å²) in [4.78, 5) is 0. The summed E-state index contributed by atoms with van der Waals surface area (Å²) in [6, 6.07) is 18.2. The first-order valence-corrected chi connectivity index (χ1v) is 5.99. The molecule has 3 heteroatoms. The van der Waals surface area contributed by atoms with Crippen LogP contribution >= 0.6 is 0 Å². The van der Waals surface area contributed by atoms with E-state index in [-0.39, 0.29) is 6.04 Å². The third-order valence-corrected chi connectivity index (χ3v) is 2.85. The van der Waals surface area contributed by atoms with Crippen molar-refractivity contribution in [3.63, 3.8) is 0 Å². The van der Waals surface area contributed by atoms with Crippen LogP contribution < -0.4 is 15.8 Å². The van der Waals surface area contributed by atoms with Crippen LogP contribution in [-0.4, -0.2) is 13.7 Å². The van der Waals surface area contributed by atoms with Crippen LogP contribution in [0.4, 0.5) is 5.69 Å². The lowest BCUT2D eigenvalue weighted by Gasteiger charge is -2.19. The zero-order chi connectivity index (χ0) is 12.8. The van der Waals surface area contributed by atoms with Crippen LogP contribution in [0.3, 0.4) is 0 Å². The molecule has 0 bridgehead atoms. The van der Waals surface area contributed by atoms with Crippen LogP contribution in [0, 0.1) is 0 Å². The molecular weight excluding hydrogens is 224 g/mol. The van der Waals surface area contributed by atoms with Gasteiger partial charge in [0.05, 0.1) is 13.2 Å². The standard InChI is InChI=1S/C15H18N2O/c1-18-14-9-5-8-13(10-14)17-15(11-16)12-6-3-2-4-7-12/h2-10,15,17H,11,16H2,1H3/t15-/m0/s1. The van der Waals surface area contributed by atoms with E-state index in [1.54, 1.807) is 7.11 Å². The summed E-state index contributed by atoms with van der Waals surface area (Å²) < 4.78 is 5.20. The first-order valence-electron chi connectivity index (χ1n) is 5.99. The Bertz CT molecular complexity index is 485. The van der Waals surface area contributed by atoms with Gasteiger partial charge in [-0.1, -0.05) is 36.4 Å². The lowest BCUT2D eigenvalue weighted by atomic mass is 10.1. The molecule has 0 unspecified atom stereocenters. The summed E-state index contributed by atoms with van der Waals surface area (Å²) in [7, 11) is 1.66. The average molecular weight is 242 g/mol. The van der Waals surface area contributed by atoms with Crippen molar-refractivity contribution in [2.45, 2.75) is 6.04 Å². The van der Waals surface area contributed by atoms with E-state index in [0.29, 0.717) is 6.54 Å². The van der Waals surface area contributed by atoms with E-state index in [4.69, 9.17) is 10.5 Å². The highest BCUT2D eigenvalue weighted by atomic mass is 16.5. The van der Waals surface area contributed by atoms with Gasteiger partial charge in [-0.2, -0.15) is 0 Å². The molecule has 2 rings (SSSR count). The summed E-state index contributed by atoms with van der Waals surface area (Å²) in [5.41, 5.74) is 8.02. The van der Waals surface area contributed by atoms with Gasteiger partial charge in [0.1, 0.15) is 5.75 Å². The molecule has 2 aromatic rings. The Kier molecular flexibility index (Phi) is 4.20. The van der Waals surface area contributed by atoms with Crippen molar-refractivity contribution in [3.8, 4) is 5.75 Å². The highest BCUT2D eigenvalue weighted by molar-refractivity contribution is 5.50. The number of hydrogen-bond acceptors (Lipinski definition) is 3. The SMILES string of the molecule is COc1cccc(N[C@@H](CN)c2ccccc2)c1. The largest absolute Gasteiger partial charge is 0.497 e. The second-order valence-electron chi connectivity index (χ2n) is 4.08. The van der Waals surface area contributed by atoms with Crippen LogP contribution in [0.2, 0.25) is 0 Å². The maximum Gasteiger partial charge on any atom is 0.120 e. The topological polar surface area (TPSA) is 47.3 Å². The van der Waals surface area contributed by atoms with Crippen molar-refractivity contribution < 1.29 is 4.74 Å². The van der Waals surface area contributed by atoms with Crippen LogP contribution in [0.1, 0.15) is 11.6 Å². The third-order valence-electron chi connectivity index (χ3n) is 2.85. The molecule has 0 aliphatic heterocycles. The summed E-state index contributed by atoms with van der Waals surface area (Å²) in [6.07, 6.45) is 0. The number of benzene rings is 2. The highest BCUT2D eigenvalue weighted by Gasteiger charge is 2.08. The van der Waals surface area contributed by atoms with Crippen molar-refractivity contribution in [1.29, 1.82) is 0 Å². The molecule has 0 aromatic heterocycles. The number of anilines is 1. The molecule has 1 atom stereocenters. The Morgan fingerprint density at radius 2 is 1.89 bits per heavy atom. The Morgan fingerprint density at radius 3 is 2.56 bits per heavy atom. The average Bonchev–Trinajstić information content (AvgIpc) is 2.46. The molecule has 94 valence electrons. The molecular formula is C15H18N2O. The first kappa shape index (κ1) is 12.5. The van der Waals surface area contributed by atoms with Crippen LogP contribution in [0.25, 0.3) is 0 Å². The third kappa shape index (κ3) is 3.02. The molecule has 2 aromatic carbocycles. The molecule has 0 aliphatic carbocycles. The Balaban J connectivity index is 2.15. The van der Waals surface area contributed by atoms with Gasteiger partial charge >= 0.3 is 0 Å². The van der Waals surface area contributed by atoms with E-state index in [1.807, 2.05) is 42.5 Å². The number of nitrogens with one attached hydrogen (secondary N) is 1. The lowest BCUT2D eigenvalue weighted by Crippen LogP contribution is -2.20. The van der Waals surface area contributed by atoms with Gasteiger partial charge in [-0.25, -0.2) is 0 Å². The number of ether oxygens (including phenoxy) is 1. The lowest BCUT2D eigenvalue weighted by molar-refractivity contribution is 0.415. The summed E-state index contributed by atoms with van der Waals surface area (Å²) in [5.74, 6) is 0.837. The Hall–Kier alpha value is -2.00. The minimum Gasteiger partial charge on any atom is -0.497 e. The molecule has 0 heterocycles. The van der Waals surface area contributed by atoms with Crippen molar-refractivity contribution in [2.24, 2.45) is 5.73 Å². The zero-order valence-electron chi connectivity index (χ0n) is 10.5. The van der Waals surface area contributed by atoms with Gasteiger partial charge in [-0.3, -0.25) is 0 Å². The molecule has 0 radical (unpaired) electrons. The van der Waals surface area contributed by atoms with E-state index < -0.39 is 0 Å². The van der Waals surface area contributed by atoms with Crippen molar-refractivity contribution in [1.82, 2.24) is 0 Å². The summed E-state index contributed by atoms with van der Waals surface area (Å²) in [6.45, 7) is 0.543. The van der Waals surface area contributed by atoms with E-state index >= 15 is 0 Å². The first-order chi connectivity index (χ1) is 8.83. The number of methoxy groups -OCH3 is 1. The second kappa shape index (κ2) is 6.07. The van der Waals surface area contributed by atoms with Crippen molar-refractivity contribution in [2.75, 3.05) is 19.0 Å². The Labute approximate surface area is 108 Å². The maximum atomic E-state index is 5.83. The molecule has 0 fully saturated rings. The fourth-order valence-electron chi connectivity index (χ4n) is 1.88. The van der Waals surface area contributed by atoms with E-state index in [1.165, 1.54) is 5.56 Å². The van der Waals surface area contributed by atoms with Gasteiger partial charge in [0.15, 0.2) is 0 Å². The monoisotopic (exact) mass is 242 g/mol. The van der Waals surface area contributed by atoms with E-state index in [9.17, 15) is 0 Å². The molecule has 0 spiro atoms. The minimum absolute atomic E-state index is 0.110. The molecule has 0 aliphatic rings. The maximum absolute atomic E-state index is 5.83. The quantitative estimate of drug-likeness (QED) is 0.847. The van der Waals surface area contributed by atoms with Gasteiger partial charge in [-0.15, -0.1) is 0 Å². The van der Waals surface area contributed by atoms with Gasteiger partial charge in [0, 0.05) is 18.3 Å². The zero-order valence-corrected chi connectivity index (χ0v) is 10.5. The van der Waals surface area contributed by atoms with Crippen molar-refractivity contribution >= 4 is 5.69 Å². The van der Waals surface area contributed by atoms with Gasteiger partial charge < -0.3 is 15.8 Å². The smallest absolute Gasteiger partial charge is 0.120 e. The molecule has 3 N–H and O–H groups in total. The minimum atomic E-state index is 0.110. The predicted octanol–water partition coefficient (Wildman–Crippen LogP) is 2.81. The molecule has 18 heavy (non-hydrogen) atoms. The fraction of sp³-hybridized carbons (Fsp3) is 0.200. The predicted molar refractivity (Wildman–Crippen MR) is 74.9 cm³/mol. The van der Waals surface area contributed by atoms with Gasteiger partial charge in [0.2, 0.25) is 0 Å². The molecule has 0 amide bonds. The molecule has 0 saturated carbocycles. The van der Waals surface area contributed by atoms with E-state index in [2.05, 4.69) is 17.4 Å². The van der Waals surface area contributed by atoms with E-state index in [0.717, 1.165) is 11.4 Å². The van der Waals surface area contributed by atoms with Crippen LogP contribution in [0.15, 0.2) is 54.6 Å². The number of hydrogen-bond donors (Lipinski definition) is 2. The molecule has 0 saturated heterocycles. The van der Waals surface area contributed by atoms with Gasteiger partial charge in [-0.05, 0) is 17.7 Å². The fourth-order valence-corrected chi connectivity index (χ4v) is 1.88. The highest BCUT2D eigenvalue weighted by Crippen LogP contribution is 2.22. The number of rotatable bonds is 5. The normalized spacial score (nSPS) is 11.9.